The van der Waals surface area contributed by atoms with E-state index in [4.69, 9.17) is 4.74 Å². The van der Waals surface area contributed by atoms with Crippen molar-refractivity contribution in [2.45, 2.75) is 0 Å². The van der Waals surface area contributed by atoms with Gasteiger partial charge < -0.3 is 9.64 Å². The lowest BCUT2D eigenvalue weighted by atomic mass is 10.0. The number of esters is 1. The number of fused-ring (bicyclic) bond motifs is 1. The summed E-state index contributed by atoms with van der Waals surface area (Å²) >= 11 is 0. The molecule has 3 aromatic carbocycles. The predicted octanol–water partition coefficient (Wildman–Crippen LogP) is 4.25. The quantitative estimate of drug-likeness (QED) is 0.528. The van der Waals surface area contributed by atoms with Crippen LogP contribution in [0.5, 0.6) is 0 Å². The Morgan fingerprint density at radius 1 is 0.923 bits per heavy atom. The van der Waals surface area contributed by atoms with E-state index in [1.165, 1.54) is 0 Å². The largest absolute Gasteiger partial charge is 0.402 e. The highest BCUT2D eigenvalue weighted by atomic mass is 16.6. The molecular weight excluding hydrogens is 324 g/mol. The van der Waals surface area contributed by atoms with E-state index in [9.17, 15) is 4.79 Å². The van der Waals surface area contributed by atoms with Gasteiger partial charge in [-0.3, -0.25) is 0 Å². The summed E-state index contributed by atoms with van der Waals surface area (Å²) in [5.74, 6) is -0.0763. The van der Waals surface area contributed by atoms with E-state index < -0.39 is 5.97 Å². The van der Waals surface area contributed by atoms with Crippen LogP contribution >= 0.6 is 0 Å². The van der Waals surface area contributed by atoms with Gasteiger partial charge in [0.2, 0.25) is 5.90 Å². The summed E-state index contributed by atoms with van der Waals surface area (Å²) in [4.78, 5) is 18.7. The summed E-state index contributed by atoms with van der Waals surface area (Å²) in [5.41, 5.74) is 3.14. The normalized spacial score (nSPS) is 15.2. The molecule has 0 atom stereocenters. The van der Waals surface area contributed by atoms with Crippen molar-refractivity contribution in [1.82, 2.24) is 0 Å². The molecule has 4 heteroatoms. The summed E-state index contributed by atoms with van der Waals surface area (Å²) in [5, 5.41) is 2.10. The Morgan fingerprint density at radius 2 is 1.65 bits per heavy atom. The molecule has 1 heterocycles. The summed E-state index contributed by atoms with van der Waals surface area (Å²) in [7, 11) is 3.98. The lowest BCUT2D eigenvalue weighted by molar-refractivity contribution is -0.129. The van der Waals surface area contributed by atoms with Crippen LogP contribution in [0, 0.1) is 0 Å². The van der Waals surface area contributed by atoms with Gasteiger partial charge in [-0.25, -0.2) is 9.79 Å². The van der Waals surface area contributed by atoms with Crippen molar-refractivity contribution in [2.24, 2.45) is 4.99 Å². The van der Waals surface area contributed by atoms with Crippen molar-refractivity contribution in [3.63, 3.8) is 0 Å². The number of benzene rings is 3. The van der Waals surface area contributed by atoms with Gasteiger partial charge in [-0.05, 0) is 40.6 Å². The monoisotopic (exact) mass is 342 g/mol. The van der Waals surface area contributed by atoms with Crippen LogP contribution in [0.25, 0.3) is 16.8 Å². The molecule has 0 fully saturated rings. The molecule has 0 bridgehead atoms. The molecule has 0 spiro atoms. The Balaban J connectivity index is 1.71. The van der Waals surface area contributed by atoms with Gasteiger partial charge in [-0.2, -0.15) is 0 Å². The summed E-state index contributed by atoms with van der Waals surface area (Å²) < 4.78 is 5.44. The van der Waals surface area contributed by atoms with Gasteiger partial charge in [0.25, 0.3) is 0 Å². The molecule has 1 aliphatic heterocycles. The number of aliphatic imine (C=N–C) groups is 1. The molecule has 0 aliphatic carbocycles. The first-order valence-electron chi connectivity index (χ1n) is 8.40. The number of cyclic esters (lactones) is 1. The fraction of sp³-hybridized carbons (Fsp3) is 0.0909. The highest BCUT2D eigenvalue weighted by Crippen LogP contribution is 2.25. The second-order valence-corrected chi connectivity index (χ2v) is 6.35. The van der Waals surface area contributed by atoms with Crippen molar-refractivity contribution in [2.75, 3.05) is 19.0 Å². The zero-order valence-electron chi connectivity index (χ0n) is 14.6. The standard InChI is InChI=1S/C22H18N2O2/c1-24(2)17-12-10-15(11-13-17)14-20-22(25)26-21(23-20)19-9-5-7-16-6-3-4-8-18(16)19/h3-14H,1-2H3/b20-14-. The van der Waals surface area contributed by atoms with Gasteiger partial charge >= 0.3 is 5.97 Å². The summed E-state index contributed by atoms with van der Waals surface area (Å²) in [6.45, 7) is 0. The number of rotatable bonds is 3. The molecule has 0 N–H and O–H groups in total. The maximum Gasteiger partial charge on any atom is 0.363 e. The first-order chi connectivity index (χ1) is 12.6. The zero-order valence-corrected chi connectivity index (χ0v) is 14.6. The van der Waals surface area contributed by atoms with Gasteiger partial charge in [-0.1, -0.05) is 48.5 Å². The molecule has 4 rings (SSSR count). The topological polar surface area (TPSA) is 41.9 Å². The Hall–Kier alpha value is -3.40. The second kappa shape index (κ2) is 6.48. The minimum atomic E-state index is -0.426. The van der Waals surface area contributed by atoms with Gasteiger partial charge in [0.15, 0.2) is 5.70 Å². The third kappa shape index (κ3) is 2.97. The van der Waals surface area contributed by atoms with Crippen molar-refractivity contribution in [3.8, 4) is 0 Å². The molecule has 0 radical (unpaired) electrons. The molecule has 0 unspecified atom stereocenters. The molecule has 128 valence electrons. The van der Waals surface area contributed by atoms with Crippen LogP contribution in [0.3, 0.4) is 0 Å². The highest BCUT2D eigenvalue weighted by Gasteiger charge is 2.25. The van der Waals surface area contributed by atoms with E-state index in [-0.39, 0.29) is 0 Å². The van der Waals surface area contributed by atoms with Crippen LogP contribution < -0.4 is 4.90 Å². The molecule has 1 aliphatic rings. The van der Waals surface area contributed by atoms with Crippen molar-refractivity contribution in [3.05, 3.63) is 83.6 Å². The average Bonchev–Trinajstić information content (AvgIpc) is 3.02. The second-order valence-electron chi connectivity index (χ2n) is 6.35. The van der Waals surface area contributed by atoms with Gasteiger partial charge in [0.05, 0.1) is 0 Å². The first-order valence-corrected chi connectivity index (χ1v) is 8.40. The summed E-state index contributed by atoms with van der Waals surface area (Å²) in [6, 6.07) is 21.8. The maximum absolute atomic E-state index is 12.3. The number of hydrogen-bond donors (Lipinski definition) is 0. The Labute approximate surface area is 152 Å². The highest BCUT2D eigenvalue weighted by molar-refractivity contribution is 6.17. The van der Waals surface area contributed by atoms with E-state index in [0.717, 1.165) is 27.6 Å². The van der Waals surface area contributed by atoms with E-state index in [1.807, 2.05) is 85.7 Å². The molecular formula is C22H18N2O2. The van der Waals surface area contributed by atoms with Crippen LogP contribution in [0.4, 0.5) is 5.69 Å². The SMILES string of the molecule is CN(C)c1ccc(/C=C2\N=C(c3cccc4ccccc34)OC2=O)cc1. The van der Waals surface area contributed by atoms with Crippen molar-refractivity contribution in [1.29, 1.82) is 0 Å². The number of hydrogen-bond acceptors (Lipinski definition) is 4. The van der Waals surface area contributed by atoms with Crippen molar-refractivity contribution < 1.29 is 9.53 Å². The Kier molecular flexibility index (Phi) is 4.01. The van der Waals surface area contributed by atoms with Crippen LogP contribution in [-0.4, -0.2) is 26.0 Å². The zero-order chi connectivity index (χ0) is 18.1. The van der Waals surface area contributed by atoms with Crippen LogP contribution in [-0.2, 0) is 9.53 Å². The van der Waals surface area contributed by atoms with Crippen LogP contribution in [0.2, 0.25) is 0 Å². The average molecular weight is 342 g/mol. The first kappa shape index (κ1) is 16.1. The Bertz CT molecular complexity index is 1040. The summed E-state index contributed by atoms with van der Waals surface area (Å²) in [6.07, 6.45) is 1.75. The number of carbonyl (C=O) groups is 1. The smallest absolute Gasteiger partial charge is 0.363 e. The molecule has 0 saturated heterocycles. The maximum atomic E-state index is 12.3. The third-order valence-electron chi connectivity index (χ3n) is 4.35. The van der Waals surface area contributed by atoms with Crippen LogP contribution in [0.15, 0.2) is 77.4 Å². The lowest BCUT2D eigenvalue weighted by Crippen LogP contribution is -2.08. The fourth-order valence-corrected chi connectivity index (χ4v) is 2.96. The molecule has 4 nitrogen and oxygen atoms in total. The van der Waals surface area contributed by atoms with Gasteiger partial charge in [0.1, 0.15) is 0 Å². The number of anilines is 1. The van der Waals surface area contributed by atoms with Gasteiger partial charge in [0, 0.05) is 25.3 Å². The van der Waals surface area contributed by atoms with Crippen molar-refractivity contribution >= 4 is 34.4 Å². The predicted molar refractivity (Wildman–Crippen MR) is 105 cm³/mol. The van der Waals surface area contributed by atoms with Gasteiger partial charge in [-0.15, -0.1) is 0 Å². The van der Waals surface area contributed by atoms with Crippen LogP contribution in [0.1, 0.15) is 11.1 Å². The lowest BCUT2D eigenvalue weighted by Gasteiger charge is -2.11. The molecule has 0 amide bonds. The number of carbonyl (C=O) groups excluding carboxylic acids is 1. The minimum absolute atomic E-state index is 0.311. The fourth-order valence-electron chi connectivity index (χ4n) is 2.96. The molecule has 0 saturated carbocycles. The molecule has 0 aromatic heterocycles. The number of ether oxygens (including phenoxy) is 1. The van der Waals surface area contributed by atoms with E-state index >= 15 is 0 Å². The third-order valence-corrected chi connectivity index (χ3v) is 4.35. The Morgan fingerprint density at radius 3 is 2.42 bits per heavy atom. The molecule has 26 heavy (non-hydrogen) atoms. The molecule has 3 aromatic rings. The minimum Gasteiger partial charge on any atom is -0.402 e. The van der Waals surface area contributed by atoms with E-state index in [2.05, 4.69) is 4.99 Å². The van der Waals surface area contributed by atoms with E-state index in [0.29, 0.717) is 11.6 Å². The van der Waals surface area contributed by atoms with E-state index in [1.54, 1.807) is 6.08 Å². The number of nitrogens with zero attached hydrogens (tertiary/aromatic N) is 2.